The van der Waals surface area contributed by atoms with Crippen molar-refractivity contribution in [3.63, 3.8) is 0 Å². The van der Waals surface area contributed by atoms with Crippen LogP contribution in [0.5, 0.6) is 5.75 Å². The van der Waals surface area contributed by atoms with Crippen LogP contribution in [0.4, 0.5) is 5.69 Å². The number of hydrogen-bond acceptors (Lipinski definition) is 7. The summed E-state index contributed by atoms with van der Waals surface area (Å²) in [6.45, 7) is 8.36. The van der Waals surface area contributed by atoms with Crippen molar-refractivity contribution < 1.29 is 23.9 Å². The molecule has 5 aliphatic rings. The number of piperazine rings is 1. The molecular formula is C38H49N5O5. The van der Waals surface area contributed by atoms with E-state index in [9.17, 15) is 14.4 Å². The van der Waals surface area contributed by atoms with E-state index in [1.54, 1.807) is 24.1 Å². The molecule has 7 atom stereocenters. The highest BCUT2D eigenvalue weighted by Gasteiger charge is 2.72. The first kappa shape index (κ1) is 32.8. The van der Waals surface area contributed by atoms with Gasteiger partial charge in [-0.15, -0.1) is 0 Å². The van der Waals surface area contributed by atoms with Gasteiger partial charge in [-0.3, -0.25) is 19.3 Å². The summed E-state index contributed by atoms with van der Waals surface area (Å²) in [7, 11) is 1.58. The standard InChI is InChI=1S/C38H49N5O5/c1-26-10-6-7-15-30(26)40-36(45)34-38-17-16-31(48-38)32(35(44)39-28-13-8-14-29(24-28)47-2)33(38)37(46)43(34)19-9-18-41-20-22-42(23-21-41)25-27-11-4-3-5-12-27/h3-5,8,11-14,16-17,24,26,30-34H,6-7,9-10,15,18-23,25H2,1-2H3,(H,39,44)(H,40,45). The molecule has 0 aromatic heterocycles. The summed E-state index contributed by atoms with van der Waals surface area (Å²) in [4.78, 5) is 49.2. The fraction of sp³-hybridized carbons (Fsp3) is 0.553. The molecule has 1 spiro atoms. The van der Waals surface area contributed by atoms with Crippen molar-refractivity contribution in [2.24, 2.45) is 17.8 Å². The van der Waals surface area contributed by atoms with Gasteiger partial charge in [0, 0.05) is 57.1 Å². The number of nitrogens with zero attached hydrogens (tertiary/aromatic N) is 3. The maximum Gasteiger partial charge on any atom is 0.246 e. The van der Waals surface area contributed by atoms with Gasteiger partial charge in [0.2, 0.25) is 17.7 Å². The lowest BCUT2D eigenvalue weighted by atomic mass is 9.74. The number of carbonyl (C=O) groups is 3. The molecule has 2 aromatic carbocycles. The SMILES string of the molecule is COc1cccc(NC(=O)C2C3C=CC4(O3)C2C(=O)N(CCCN2CCN(Cc3ccccc3)CC2)C4C(=O)NC2CCCCC2C)c1. The zero-order valence-electron chi connectivity index (χ0n) is 28.2. The van der Waals surface area contributed by atoms with Crippen LogP contribution in [0.25, 0.3) is 0 Å². The van der Waals surface area contributed by atoms with Crippen LogP contribution in [0.2, 0.25) is 0 Å². The molecule has 3 amide bonds. The predicted molar refractivity (Wildman–Crippen MR) is 183 cm³/mol. The molecule has 1 aliphatic carbocycles. The molecule has 1 saturated carbocycles. The molecule has 7 rings (SSSR count). The van der Waals surface area contributed by atoms with Gasteiger partial charge in [-0.05, 0) is 49.4 Å². The molecule has 10 heteroatoms. The minimum Gasteiger partial charge on any atom is -0.497 e. The van der Waals surface area contributed by atoms with Crippen LogP contribution in [0.15, 0.2) is 66.7 Å². The summed E-state index contributed by atoms with van der Waals surface area (Å²) < 4.78 is 11.9. The zero-order valence-corrected chi connectivity index (χ0v) is 28.2. The van der Waals surface area contributed by atoms with Crippen molar-refractivity contribution in [2.75, 3.05) is 51.7 Å². The number of benzene rings is 2. The summed E-state index contributed by atoms with van der Waals surface area (Å²) in [5.41, 5.74) is 0.756. The van der Waals surface area contributed by atoms with Crippen LogP contribution in [0, 0.1) is 17.8 Å². The van der Waals surface area contributed by atoms with Crippen molar-refractivity contribution in [3.05, 3.63) is 72.3 Å². The average Bonchev–Trinajstić information content (AvgIpc) is 3.74. The second-order valence-electron chi connectivity index (χ2n) is 14.3. The van der Waals surface area contributed by atoms with Gasteiger partial charge < -0.3 is 29.9 Å². The highest BCUT2D eigenvalue weighted by molar-refractivity contribution is 6.02. The van der Waals surface area contributed by atoms with Gasteiger partial charge in [-0.1, -0.05) is 68.3 Å². The van der Waals surface area contributed by atoms with E-state index in [4.69, 9.17) is 9.47 Å². The molecule has 2 bridgehead atoms. The molecule has 4 aliphatic heterocycles. The summed E-state index contributed by atoms with van der Waals surface area (Å²) in [6, 6.07) is 17.0. The van der Waals surface area contributed by atoms with E-state index in [0.717, 1.165) is 65.0 Å². The number of amides is 3. The normalized spacial score (nSPS) is 31.5. The lowest BCUT2D eigenvalue weighted by Gasteiger charge is -2.37. The Kier molecular flexibility index (Phi) is 9.58. The van der Waals surface area contributed by atoms with Crippen molar-refractivity contribution in [1.29, 1.82) is 0 Å². The van der Waals surface area contributed by atoms with Crippen LogP contribution >= 0.6 is 0 Å². The van der Waals surface area contributed by atoms with Gasteiger partial charge in [0.05, 0.1) is 25.0 Å². The smallest absolute Gasteiger partial charge is 0.246 e. The van der Waals surface area contributed by atoms with Gasteiger partial charge in [-0.25, -0.2) is 0 Å². The largest absolute Gasteiger partial charge is 0.497 e. The Morgan fingerprint density at radius 3 is 2.50 bits per heavy atom. The number of anilines is 1. The lowest BCUT2D eigenvalue weighted by molar-refractivity contribution is -0.141. The molecule has 2 aromatic rings. The van der Waals surface area contributed by atoms with Crippen LogP contribution in [-0.4, -0.2) is 103 Å². The number of rotatable bonds is 11. The first-order valence-electron chi connectivity index (χ1n) is 17.8. The fourth-order valence-corrected chi connectivity index (χ4v) is 8.70. The van der Waals surface area contributed by atoms with Crippen LogP contribution in [0.1, 0.15) is 44.6 Å². The fourth-order valence-electron chi connectivity index (χ4n) is 8.70. The second-order valence-corrected chi connectivity index (χ2v) is 14.3. The molecule has 4 fully saturated rings. The summed E-state index contributed by atoms with van der Waals surface area (Å²) in [5, 5.41) is 6.33. The van der Waals surface area contributed by atoms with Gasteiger partial charge in [0.15, 0.2) is 0 Å². The number of nitrogens with one attached hydrogen (secondary N) is 2. The van der Waals surface area contributed by atoms with Crippen molar-refractivity contribution in [3.8, 4) is 5.75 Å². The number of fused-ring (bicyclic) bond motifs is 1. The number of ether oxygens (including phenoxy) is 2. The van der Waals surface area contributed by atoms with E-state index in [1.807, 2.05) is 24.3 Å². The highest BCUT2D eigenvalue weighted by Crippen LogP contribution is 2.55. The molecule has 7 unspecified atom stereocenters. The van der Waals surface area contributed by atoms with Crippen LogP contribution in [-0.2, 0) is 25.7 Å². The van der Waals surface area contributed by atoms with Crippen LogP contribution < -0.4 is 15.4 Å². The third-order valence-electron chi connectivity index (χ3n) is 11.3. The number of likely N-dealkylation sites (tertiary alicyclic amines) is 1. The van der Waals surface area contributed by atoms with Crippen LogP contribution in [0.3, 0.4) is 0 Å². The monoisotopic (exact) mass is 655 g/mol. The minimum atomic E-state index is -1.16. The quantitative estimate of drug-likeness (QED) is 0.356. The maximum absolute atomic E-state index is 14.4. The first-order chi connectivity index (χ1) is 23.4. The van der Waals surface area contributed by atoms with E-state index in [-0.39, 0.29) is 23.8 Å². The van der Waals surface area contributed by atoms with Gasteiger partial charge >= 0.3 is 0 Å². The Labute approximate surface area is 283 Å². The lowest BCUT2D eigenvalue weighted by Crippen LogP contribution is -2.57. The van der Waals surface area contributed by atoms with E-state index >= 15 is 0 Å². The average molecular weight is 656 g/mol. The predicted octanol–water partition coefficient (Wildman–Crippen LogP) is 3.69. The topological polar surface area (TPSA) is 103 Å². The van der Waals surface area contributed by atoms with Gasteiger partial charge in [-0.2, -0.15) is 0 Å². The minimum absolute atomic E-state index is 0.0700. The Bertz CT molecular complexity index is 1510. The summed E-state index contributed by atoms with van der Waals surface area (Å²) in [5.74, 6) is -1.12. The molecule has 2 N–H and O–H groups in total. The number of hydrogen-bond donors (Lipinski definition) is 2. The maximum atomic E-state index is 14.4. The third kappa shape index (κ3) is 6.37. The Hall–Kier alpha value is -3.73. The van der Waals surface area contributed by atoms with Crippen molar-refractivity contribution >= 4 is 23.4 Å². The van der Waals surface area contributed by atoms with E-state index < -0.39 is 29.6 Å². The summed E-state index contributed by atoms with van der Waals surface area (Å²) >= 11 is 0. The third-order valence-corrected chi connectivity index (χ3v) is 11.3. The molecule has 48 heavy (non-hydrogen) atoms. The Balaban J connectivity index is 1.05. The van der Waals surface area contributed by atoms with Gasteiger partial charge in [0.25, 0.3) is 0 Å². The van der Waals surface area contributed by atoms with Crippen molar-refractivity contribution in [1.82, 2.24) is 20.0 Å². The van der Waals surface area contributed by atoms with E-state index in [2.05, 4.69) is 57.7 Å². The summed E-state index contributed by atoms with van der Waals surface area (Å²) in [6.07, 6.45) is 8.22. The molecule has 3 saturated heterocycles. The van der Waals surface area contributed by atoms with Crippen molar-refractivity contribution in [2.45, 2.75) is 69.4 Å². The first-order valence-corrected chi connectivity index (χ1v) is 17.8. The highest BCUT2D eigenvalue weighted by atomic mass is 16.5. The van der Waals surface area contributed by atoms with Gasteiger partial charge in [0.1, 0.15) is 17.4 Å². The molecule has 256 valence electrons. The molecule has 10 nitrogen and oxygen atoms in total. The Morgan fingerprint density at radius 1 is 0.958 bits per heavy atom. The molecular weight excluding hydrogens is 606 g/mol. The second kappa shape index (κ2) is 14.0. The number of carbonyl (C=O) groups excluding carboxylic acids is 3. The molecule has 4 heterocycles. The van der Waals surface area contributed by atoms with E-state index in [1.165, 1.54) is 12.0 Å². The van der Waals surface area contributed by atoms with E-state index in [0.29, 0.717) is 23.9 Å². The Morgan fingerprint density at radius 2 is 1.73 bits per heavy atom. The zero-order chi connectivity index (χ0) is 33.3. The number of methoxy groups -OCH3 is 1. The molecule has 0 radical (unpaired) electrons.